The number of allylic oxidation sites excluding steroid dienone is 7. The summed E-state index contributed by atoms with van der Waals surface area (Å²) in [6.45, 7) is 4.90. The first-order valence-corrected chi connectivity index (χ1v) is 35.4. The van der Waals surface area contributed by atoms with Gasteiger partial charge in [-0.25, -0.2) is 0 Å². The fourth-order valence-corrected chi connectivity index (χ4v) is 10.9. The molecular weight excluding hydrogens is 971 g/mol. The molecule has 3 N–H and O–H groups in total. The topological polar surface area (TPSA) is 95.9 Å². The molecule has 0 aromatic rings. The van der Waals surface area contributed by atoms with E-state index < -0.39 is 12.1 Å². The Morgan fingerprint density at radius 1 is 0.354 bits per heavy atom. The van der Waals surface area contributed by atoms with E-state index >= 15 is 0 Å². The molecule has 0 aromatic heterocycles. The normalized spacial score (nSPS) is 12.8. The number of hydrogen-bond acceptors (Lipinski definition) is 5. The SMILES string of the molecule is CCCCC/C=C\C/C=C\CCCCCCCCCC(=O)OCCCCCCCCCCCCCC/C=C\CCCCCCCCCCCC(=O)NC(CO)C(O)/C=C/CCCCCCCCCCCCCCCCCCCC. The number of aliphatic hydroxyl groups excluding tert-OH is 2. The highest BCUT2D eigenvalue weighted by molar-refractivity contribution is 5.76. The number of aliphatic hydroxyl groups is 2. The molecule has 0 saturated carbocycles. The molecule has 1 amide bonds. The first-order chi connectivity index (χ1) is 39.0. The standard InChI is InChI=1S/C73H137NO5/c1-3-5-7-9-11-13-15-17-19-21-22-30-34-37-41-45-49-53-57-61-65-71(76)70(69-75)74-72(77)66-62-58-54-50-46-42-38-35-31-28-26-24-23-25-27-29-32-36-40-44-48-52-56-60-64-68-79-73(78)67-63-59-55-51-47-43-39-33-20-18-16-14-12-10-8-6-4-2/h12,14,18,20,24,26,61,65,70-71,75-76H,3-11,13,15-17,19,21-23,25,27-60,62-64,66-69H2,1-2H3,(H,74,77)/b14-12-,20-18-,26-24-,65-61+. The van der Waals surface area contributed by atoms with Crippen LogP contribution in [0.15, 0.2) is 48.6 Å². The average Bonchev–Trinajstić information content (AvgIpc) is 3.45. The molecule has 0 aliphatic carbocycles. The molecule has 2 unspecified atom stereocenters. The number of esters is 1. The molecule has 0 aliphatic heterocycles. The third-order valence-electron chi connectivity index (χ3n) is 16.3. The van der Waals surface area contributed by atoms with Crippen molar-refractivity contribution in [1.29, 1.82) is 0 Å². The summed E-state index contributed by atoms with van der Waals surface area (Å²) in [6.07, 6.45) is 89.0. The van der Waals surface area contributed by atoms with Crippen molar-refractivity contribution in [3.63, 3.8) is 0 Å². The Labute approximate surface area is 493 Å². The van der Waals surface area contributed by atoms with Crippen molar-refractivity contribution in [2.45, 2.75) is 392 Å². The number of amides is 1. The minimum absolute atomic E-state index is 0.00547. The lowest BCUT2D eigenvalue weighted by Gasteiger charge is -2.20. The van der Waals surface area contributed by atoms with E-state index in [-0.39, 0.29) is 18.5 Å². The third kappa shape index (κ3) is 64.8. The van der Waals surface area contributed by atoms with Crippen molar-refractivity contribution in [1.82, 2.24) is 5.32 Å². The summed E-state index contributed by atoms with van der Waals surface area (Å²) >= 11 is 0. The second-order valence-electron chi connectivity index (χ2n) is 24.2. The summed E-state index contributed by atoms with van der Waals surface area (Å²) in [5.41, 5.74) is 0. The van der Waals surface area contributed by atoms with Gasteiger partial charge in [0.25, 0.3) is 0 Å². The van der Waals surface area contributed by atoms with Crippen LogP contribution in [-0.2, 0) is 14.3 Å². The van der Waals surface area contributed by atoms with Gasteiger partial charge in [0.1, 0.15) is 0 Å². The van der Waals surface area contributed by atoms with Gasteiger partial charge in [0, 0.05) is 12.8 Å². The van der Waals surface area contributed by atoms with Crippen LogP contribution >= 0.6 is 0 Å². The van der Waals surface area contributed by atoms with E-state index in [4.69, 9.17) is 4.74 Å². The summed E-state index contributed by atoms with van der Waals surface area (Å²) in [6, 6.07) is -0.632. The van der Waals surface area contributed by atoms with Crippen molar-refractivity contribution in [2.75, 3.05) is 13.2 Å². The number of hydrogen-bond donors (Lipinski definition) is 3. The largest absolute Gasteiger partial charge is 0.466 e. The predicted octanol–water partition coefficient (Wildman–Crippen LogP) is 22.9. The summed E-state index contributed by atoms with van der Waals surface area (Å²) in [4.78, 5) is 24.6. The molecule has 0 rings (SSSR count). The molecule has 6 heteroatoms. The zero-order valence-corrected chi connectivity index (χ0v) is 53.1. The van der Waals surface area contributed by atoms with Crippen LogP contribution in [0, 0.1) is 0 Å². The van der Waals surface area contributed by atoms with Crippen LogP contribution in [0.25, 0.3) is 0 Å². The minimum atomic E-state index is -0.848. The molecule has 0 saturated heterocycles. The number of carbonyl (C=O) groups excluding carboxylic acids is 2. The Morgan fingerprint density at radius 2 is 0.633 bits per heavy atom. The number of carbonyl (C=O) groups is 2. The van der Waals surface area contributed by atoms with Crippen molar-refractivity contribution in [3.05, 3.63) is 48.6 Å². The van der Waals surface area contributed by atoms with Gasteiger partial charge in [-0.1, -0.05) is 326 Å². The summed E-state index contributed by atoms with van der Waals surface area (Å²) in [5.74, 6) is -0.0628. The van der Waals surface area contributed by atoms with Gasteiger partial charge in [-0.2, -0.15) is 0 Å². The molecule has 6 nitrogen and oxygen atoms in total. The van der Waals surface area contributed by atoms with Crippen LogP contribution < -0.4 is 5.32 Å². The lowest BCUT2D eigenvalue weighted by atomic mass is 10.0. The number of unbranched alkanes of at least 4 members (excludes halogenated alkanes) is 49. The van der Waals surface area contributed by atoms with Crippen LogP contribution in [-0.4, -0.2) is 47.4 Å². The fraction of sp³-hybridized carbons (Fsp3) is 0.863. The van der Waals surface area contributed by atoms with Crippen molar-refractivity contribution < 1.29 is 24.5 Å². The maximum atomic E-state index is 12.5. The van der Waals surface area contributed by atoms with Gasteiger partial charge in [0.05, 0.1) is 25.4 Å². The highest BCUT2D eigenvalue weighted by Gasteiger charge is 2.18. The van der Waals surface area contributed by atoms with Gasteiger partial charge < -0.3 is 20.3 Å². The van der Waals surface area contributed by atoms with E-state index in [9.17, 15) is 19.8 Å². The van der Waals surface area contributed by atoms with Gasteiger partial charge in [0.15, 0.2) is 0 Å². The average molecular weight is 1110 g/mol. The molecule has 79 heavy (non-hydrogen) atoms. The molecule has 0 radical (unpaired) electrons. The molecule has 464 valence electrons. The Bertz CT molecular complexity index is 1320. The zero-order valence-electron chi connectivity index (χ0n) is 53.1. The third-order valence-corrected chi connectivity index (χ3v) is 16.3. The van der Waals surface area contributed by atoms with E-state index in [2.05, 4.69) is 55.6 Å². The maximum Gasteiger partial charge on any atom is 0.305 e. The smallest absolute Gasteiger partial charge is 0.305 e. The lowest BCUT2D eigenvalue weighted by molar-refractivity contribution is -0.143. The molecule has 0 spiro atoms. The quantitative estimate of drug-likeness (QED) is 0.0320. The van der Waals surface area contributed by atoms with Crippen LogP contribution in [0.3, 0.4) is 0 Å². The summed E-state index contributed by atoms with van der Waals surface area (Å²) < 4.78 is 5.50. The maximum absolute atomic E-state index is 12.5. The second-order valence-corrected chi connectivity index (χ2v) is 24.2. The van der Waals surface area contributed by atoms with Crippen molar-refractivity contribution >= 4 is 11.9 Å². The first-order valence-electron chi connectivity index (χ1n) is 35.4. The lowest BCUT2D eigenvalue weighted by Crippen LogP contribution is -2.45. The Morgan fingerprint density at radius 3 is 1.00 bits per heavy atom. The van der Waals surface area contributed by atoms with Gasteiger partial charge in [0.2, 0.25) is 5.91 Å². The molecule has 2 atom stereocenters. The summed E-state index contributed by atoms with van der Waals surface area (Å²) in [5, 5.41) is 23.2. The molecule has 0 fully saturated rings. The van der Waals surface area contributed by atoms with E-state index in [1.54, 1.807) is 6.08 Å². The highest BCUT2D eigenvalue weighted by Crippen LogP contribution is 2.18. The van der Waals surface area contributed by atoms with E-state index in [0.717, 1.165) is 51.4 Å². The van der Waals surface area contributed by atoms with E-state index in [1.807, 2.05) is 6.08 Å². The van der Waals surface area contributed by atoms with Gasteiger partial charge in [-0.3, -0.25) is 9.59 Å². The van der Waals surface area contributed by atoms with Crippen LogP contribution in [0.2, 0.25) is 0 Å². The van der Waals surface area contributed by atoms with Crippen LogP contribution in [0.1, 0.15) is 380 Å². The number of rotatable bonds is 66. The monoisotopic (exact) mass is 1110 g/mol. The Kier molecular flexibility index (Phi) is 66.4. The second kappa shape index (κ2) is 68.3. The van der Waals surface area contributed by atoms with Crippen molar-refractivity contribution in [3.8, 4) is 0 Å². The molecular formula is C73H137NO5. The van der Waals surface area contributed by atoms with E-state index in [0.29, 0.717) is 19.4 Å². The van der Waals surface area contributed by atoms with Crippen LogP contribution in [0.5, 0.6) is 0 Å². The van der Waals surface area contributed by atoms with Crippen LogP contribution in [0.4, 0.5) is 0 Å². The Balaban J connectivity index is 3.42. The number of nitrogens with one attached hydrogen (secondary N) is 1. The fourth-order valence-electron chi connectivity index (χ4n) is 10.9. The molecule has 0 aromatic carbocycles. The molecule has 0 bridgehead atoms. The number of ether oxygens (including phenoxy) is 1. The molecule has 0 aliphatic rings. The predicted molar refractivity (Wildman–Crippen MR) is 347 cm³/mol. The van der Waals surface area contributed by atoms with Gasteiger partial charge in [-0.05, 0) is 89.9 Å². The zero-order chi connectivity index (χ0) is 57.1. The first kappa shape index (κ1) is 76.8. The summed E-state index contributed by atoms with van der Waals surface area (Å²) in [7, 11) is 0. The highest BCUT2D eigenvalue weighted by atomic mass is 16.5. The van der Waals surface area contributed by atoms with Gasteiger partial charge >= 0.3 is 5.97 Å². The minimum Gasteiger partial charge on any atom is -0.466 e. The Hall–Kier alpha value is -2.18. The van der Waals surface area contributed by atoms with Gasteiger partial charge in [-0.15, -0.1) is 0 Å². The van der Waals surface area contributed by atoms with Crippen molar-refractivity contribution in [2.24, 2.45) is 0 Å². The van der Waals surface area contributed by atoms with E-state index in [1.165, 1.54) is 302 Å². The molecule has 0 heterocycles.